The van der Waals surface area contributed by atoms with Gasteiger partial charge in [-0.3, -0.25) is 0 Å². The van der Waals surface area contributed by atoms with Crippen LogP contribution in [0.1, 0.15) is 26.7 Å². The zero-order chi connectivity index (χ0) is 12.5. The fraction of sp³-hybridized carbons (Fsp3) is 1.00. The zero-order valence-electron chi connectivity index (χ0n) is 10.7. The third kappa shape index (κ3) is 2.65. The first-order valence-corrected chi connectivity index (χ1v) is 7.91. The van der Waals surface area contributed by atoms with Gasteiger partial charge in [0.15, 0.2) is 0 Å². The van der Waals surface area contributed by atoms with Gasteiger partial charge in [-0.1, -0.05) is 6.92 Å². The molecule has 100 valence electrons. The molecule has 17 heavy (non-hydrogen) atoms. The molecule has 0 aromatic rings. The summed E-state index contributed by atoms with van der Waals surface area (Å²) < 4.78 is 28.4. The predicted octanol–water partition coefficient (Wildman–Crippen LogP) is 0.257. The van der Waals surface area contributed by atoms with Gasteiger partial charge in [-0.25, -0.2) is 0 Å². The second kappa shape index (κ2) is 5.22. The van der Waals surface area contributed by atoms with Gasteiger partial charge in [0.05, 0.1) is 0 Å². The van der Waals surface area contributed by atoms with Crippen molar-refractivity contribution in [1.82, 2.24) is 13.9 Å². The van der Waals surface area contributed by atoms with Crippen molar-refractivity contribution in [1.29, 1.82) is 0 Å². The highest BCUT2D eigenvalue weighted by Gasteiger charge is 2.37. The van der Waals surface area contributed by atoms with E-state index in [0.29, 0.717) is 25.6 Å². The topological polar surface area (TPSA) is 52.7 Å². The van der Waals surface area contributed by atoms with E-state index in [4.69, 9.17) is 0 Å². The van der Waals surface area contributed by atoms with Crippen LogP contribution in [0.4, 0.5) is 0 Å². The molecule has 2 unspecified atom stereocenters. The molecule has 2 saturated heterocycles. The number of hydrogen-bond acceptors (Lipinski definition) is 3. The lowest BCUT2D eigenvalue weighted by Crippen LogP contribution is -2.56. The average molecular weight is 261 g/mol. The maximum absolute atomic E-state index is 12.5. The van der Waals surface area contributed by atoms with Crippen LogP contribution in [-0.2, 0) is 10.2 Å². The Morgan fingerprint density at radius 2 is 1.76 bits per heavy atom. The van der Waals surface area contributed by atoms with Crippen LogP contribution in [0.15, 0.2) is 0 Å². The Labute approximate surface area is 104 Å². The molecule has 0 amide bonds. The molecule has 2 heterocycles. The van der Waals surface area contributed by atoms with Gasteiger partial charge in [0.1, 0.15) is 0 Å². The van der Waals surface area contributed by atoms with E-state index in [1.165, 1.54) is 0 Å². The Balaban J connectivity index is 2.13. The first-order valence-electron chi connectivity index (χ1n) is 6.51. The van der Waals surface area contributed by atoms with E-state index in [1.807, 2.05) is 6.92 Å². The predicted molar refractivity (Wildman–Crippen MR) is 67.9 cm³/mol. The summed E-state index contributed by atoms with van der Waals surface area (Å²) in [7, 11) is -3.24. The first kappa shape index (κ1) is 13.3. The number of piperazine rings is 1. The molecule has 0 radical (unpaired) electrons. The van der Waals surface area contributed by atoms with Gasteiger partial charge < -0.3 is 5.32 Å². The molecule has 1 N–H and O–H groups in total. The highest BCUT2D eigenvalue weighted by molar-refractivity contribution is 7.86. The fourth-order valence-corrected chi connectivity index (χ4v) is 4.58. The molecule has 0 aromatic carbocycles. The molecule has 0 aliphatic carbocycles. The van der Waals surface area contributed by atoms with Crippen molar-refractivity contribution < 1.29 is 8.42 Å². The van der Waals surface area contributed by atoms with E-state index in [1.54, 1.807) is 8.61 Å². The van der Waals surface area contributed by atoms with Gasteiger partial charge in [-0.15, -0.1) is 0 Å². The maximum Gasteiger partial charge on any atom is 0.282 e. The van der Waals surface area contributed by atoms with Gasteiger partial charge >= 0.3 is 0 Å². The van der Waals surface area contributed by atoms with Crippen LogP contribution in [0.25, 0.3) is 0 Å². The molecular weight excluding hydrogens is 238 g/mol. The Morgan fingerprint density at radius 3 is 2.41 bits per heavy atom. The van der Waals surface area contributed by atoms with Crippen LogP contribution in [-0.4, -0.2) is 55.8 Å². The van der Waals surface area contributed by atoms with Gasteiger partial charge in [-0.05, 0) is 25.7 Å². The highest BCUT2D eigenvalue weighted by Crippen LogP contribution is 2.26. The molecule has 5 nitrogen and oxygen atoms in total. The van der Waals surface area contributed by atoms with Crippen LogP contribution in [0, 0.1) is 5.92 Å². The molecule has 0 aromatic heterocycles. The average Bonchev–Trinajstić information content (AvgIpc) is 2.33. The lowest BCUT2D eigenvalue weighted by Gasteiger charge is -2.40. The standard InChI is InChI=1S/C11H23N3O2S/c1-10-4-3-7-14(11(10)2)17(15,16)13-8-5-12-6-9-13/h10-12H,3-9H2,1-2H3. The summed E-state index contributed by atoms with van der Waals surface area (Å²) in [6.07, 6.45) is 2.12. The van der Waals surface area contributed by atoms with Crippen molar-refractivity contribution >= 4 is 10.2 Å². The van der Waals surface area contributed by atoms with Crippen LogP contribution in [0.3, 0.4) is 0 Å². The number of hydrogen-bond donors (Lipinski definition) is 1. The summed E-state index contributed by atoms with van der Waals surface area (Å²) in [4.78, 5) is 0. The molecule has 0 bridgehead atoms. The molecule has 2 fully saturated rings. The monoisotopic (exact) mass is 261 g/mol. The minimum absolute atomic E-state index is 0.128. The van der Waals surface area contributed by atoms with Crippen molar-refractivity contribution in [3.8, 4) is 0 Å². The van der Waals surface area contributed by atoms with E-state index in [2.05, 4.69) is 12.2 Å². The molecule has 2 aliphatic rings. The Morgan fingerprint density at radius 1 is 1.12 bits per heavy atom. The normalized spacial score (nSPS) is 33.8. The van der Waals surface area contributed by atoms with Crippen molar-refractivity contribution in [2.75, 3.05) is 32.7 Å². The van der Waals surface area contributed by atoms with Crippen LogP contribution in [0.2, 0.25) is 0 Å². The minimum atomic E-state index is -3.24. The zero-order valence-corrected chi connectivity index (χ0v) is 11.5. The highest BCUT2D eigenvalue weighted by atomic mass is 32.2. The van der Waals surface area contributed by atoms with Crippen molar-refractivity contribution in [3.63, 3.8) is 0 Å². The summed E-state index contributed by atoms with van der Waals surface area (Å²) in [5, 5.41) is 3.19. The van der Waals surface area contributed by atoms with Crippen molar-refractivity contribution in [2.24, 2.45) is 5.92 Å². The van der Waals surface area contributed by atoms with Crippen LogP contribution in [0.5, 0.6) is 0 Å². The van der Waals surface area contributed by atoms with Crippen LogP contribution < -0.4 is 5.32 Å². The summed E-state index contributed by atoms with van der Waals surface area (Å²) in [5.74, 6) is 0.460. The maximum atomic E-state index is 12.5. The second-order valence-electron chi connectivity index (χ2n) is 5.13. The molecule has 0 spiro atoms. The van der Waals surface area contributed by atoms with Crippen molar-refractivity contribution in [2.45, 2.75) is 32.7 Å². The van der Waals surface area contributed by atoms with E-state index < -0.39 is 10.2 Å². The number of nitrogens with zero attached hydrogens (tertiary/aromatic N) is 2. The quantitative estimate of drug-likeness (QED) is 0.775. The van der Waals surface area contributed by atoms with Gasteiger partial charge in [-0.2, -0.15) is 17.0 Å². The smallest absolute Gasteiger partial charge is 0.282 e. The second-order valence-corrected chi connectivity index (χ2v) is 7.01. The van der Waals surface area contributed by atoms with E-state index in [-0.39, 0.29) is 6.04 Å². The molecule has 2 atom stereocenters. The molecular formula is C11H23N3O2S. The van der Waals surface area contributed by atoms with Gasteiger partial charge in [0.2, 0.25) is 0 Å². The molecule has 2 aliphatic heterocycles. The minimum Gasteiger partial charge on any atom is -0.314 e. The summed E-state index contributed by atoms with van der Waals surface area (Å²) in [6, 6.07) is 0.128. The Kier molecular flexibility index (Phi) is 4.07. The van der Waals surface area contributed by atoms with Crippen molar-refractivity contribution in [3.05, 3.63) is 0 Å². The third-order valence-electron chi connectivity index (χ3n) is 4.01. The SMILES string of the molecule is CC1CCCN(S(=O)(=O)N2CCNCC2)C1C. The van der Waals surface area contributed by atoms with Gasteiger partial charge in [0.25, 0.3) is 10.2 Å². The lowest BCUT2D eigenvalue weighted by atomic mass is 9.94. The van der Waals surface area contributed by atoms with E-state index in [0.717, 1.165) is 25.9 Å². The Hall–Kier alpha value is -0.170. The summed E-state index contributed by atoms with van der Waals surface area (Å²) in [6.45, 7) is 7.57. The molecule has 2 rings (SSSR count). The van der Waals surface area contributed by atoms with E-state index in [9.17, 15) is 8.42 Å². The first-order chi connectivity index (χ1) is 8.03. The summed E-state index contributed by atoms with van der Waals surface area (Å²) in [5.41, 5.74) is 0. The van der Waals surface area contributed by atoms with Gasteiger partial charge in [0, 0.05) is 38.8 Å². The fourth-order valence-electron chi connectivity index (χ4n) is 2.65. The Bertz CT molecular complexity index is 352. The number of rotatable bonds is 2. The lowest BCUT2D eigenvalue weighted by molar-refractivity contribution is 0.186. The van der Waals surface area contributed by atoms with E-state index >= 15 is 0 Å². The van der Waals surface area contributed by atoms with Crippen LogP contribution >= 0.6 is 0 Å². The largest absolute Gasteiger partial charge is 0.314 e. The summed E-state index contributed by atoms with van der Waals surface area (Å²) >= 11 is 0. The number of nitrogens with one attached hydrogen (secondary N) is 1. The molecule has 0 saturated carbocycles. The molecule has 6 heteroatoms. The number of piperidine rings is 1. The third-order valence-corrected chi connectivity index (χ3v) is 6.14.